The molecule has 1 atom stereocenters. The summed E-state index contributed by atoms with van der Waals surface area (Å²) >= 11 is 9.16. The molecule has 0 aliphatic carbocycles. The van der Waals surface area contributed by atoms with E-state index in [1.165, 1.54) is 0 Å². The van der Waals surface area contributed by atoms with Crippen molar-refractivity contribution in [3.63, 3.8) is 0 Å². The van der Waals surface area contributed by atoms with Crippen molar-refractivity contribution in [2.24, 2.45) is 0 Å². The van der Waals surface area contributed by atoms with Crippen LogP contribution in [0.1, 0.15) is 38.8 Å². The molecule has 1 aromatic rings. The fourth-order valence-electron chi connectivity index (χ4n) is 1.68. The lowest BCUT2D eigenvalue weighted by molar-refractivity contribution is 0.344. The minimum Gasteiger partial charge on any atom is -0.489 e. The number of nitrogens with one attached hydrogen (secondary N) is 1. The molecule has 4 heteroatoms. The molecule has 0 aliphatic heterocycles. The van der Waals surface area contributed by atoms with Crippen molar-refractivity contribution in [2.45, 2.75) is 33.2 Å². The van der Waals surface area contributed by atoms with E-state index in [0.717, 1.165) is 34.3 Å². The highest BCUT2D eigenvalue weighted by Gasteiger charge is 2.12. The molecule has 106 valence electrons. The summed E-state index contributed by atoms with van der Waals surface area (Å²) in [4.78, 5) is 0. The first kappa shape index (κ1) is 16.5. The molecule has 1 rings (SSSR count). The second-order valence-electron chi connectivity index (χ2n) is 4.60. The van der Waals surface area contributed by atoms with Crippen LogP contribution in [0.5, 0.6) is 5.75 Å². The third-order valence-corrected chi connectivity index (χ3v) is 3.65. The second-order valence-corrected chi connectivity index (χ2v) is 5.74. The molecule has 0 heterocycles. The van der Waals surface area contributed by atoms with Crippen molar-refractivity contribution in [3.8, 4) is 5.75 Å². The number of halogens is 2. The van der Waals surface area contributed by atoms with Crippen LogP contribution in [0.4, 0.5) is 0 Å². The van der Waals surface area contributed by atoms with Gasteiger partial charge in [0.05, 0.1) is 0 Å². The Morgan fingerprint density at radius 1 is 1.53 bits per heavy atom. The Kier molecular flexibility index (Phi) is 7.51. The van der Waals surface area contributed by atoms with Gasteiger partial charge >= 0.3 is 0 Å². The summed E-state index contributed by atoms with van der Waals surface area (Å²) in [6.45, 7) is 7.76. The minimum atomic E-state index is 0.257. The molecule has 0 radical (unpaired) electrons. The number of benzene rings is 1. The van der Waals surface area contributed by atoms with Crippen LogP contribution < -0.4 is 10.1 Å². The standard InChI is InChI=1S/C15H21BrClNO/c1-4-7-18-12(3)14-8-13(16)5-6-15(14)19-10-11(2)9-17/h5-6,8-9,12,18H,4,7,10H2,1-3H3/b11-9+. The van der Waals surface area contributed by atoms with Gasteiger partial charge in [0.25, 0.3) is 0 Å². The van der Waals surface area contributed by atoms with Gasteiger partial charge in [0.1, 0.15) is 12.4 Å². The third kappa shape index (κ3) is 5.55. The van der Waals surface area contributed by atoms with Crippen molar-refractivity contribution in [3.05, 3.63) is 39.3 Å². The molecule has 0 fully saturated rings. The molecule has 0 amide bonds. The molecular formula is C15H21BrClNO. The average Bonchev–Trinajstić information content (AvgIpc) is 2.42. The minimum absolute atomic E-state index is 0.257. The van der Waals surface area contributed by atoms with Crippen molar-refractivity contribution in [2.75, 3.05) is 13.2 Å². The largest absolute Gasteiger partial charge is 0.489 e. The Bertz CT molecular complexity index is 434. The summed E-state index contributed by atoms with van der Waals surface area (Å²) in [5.74, 6) is 0.900. The number of rotatable bonds is 7. The Morgan fingerprint density at radius 2 is 2.26 bits per heavy atom. The maximum absolute atomic E-state index is 5.83. The lowest BCUT2D eigenvalue weighted by Gasteiger charge is -2.18. The van der Waals surface area contributed by atoms with E-state index in [4.69, 9.17) is 16.3 Å². The first-order valence-corrected chi connectivity index (χ1v) is 7.73. The highest BCUT2D eigenvalue weighted by atomic mass is 79.9. The number of hydrogen-bond acceptors (Lipinski definition) is 2. The first-order chi connectivity index (χ1) is 9.08. The number of hydrogen-bond donors (Lipinski definition) is 1. The molecule has 0 aliphatic rings. The molecule has 0 aromatic heterocycles. The zero-order valence-electron chi connectivity index (χ0n) is 11.7. The lowest BCUT2D eigenvalue weighted by atomic mass is 10.1. The van der Waals surface area contributed by atoms with Crippen LogP contribution in [0.3, 0.4) is 0 Å². The normalized spacial score (nSPS) is 13.4. The van der Waals surface area contributed by atoms with E-state index in [1.54, 1.807) is 5.54 Å². The maximum Gasteiger partial charge on any atom is 0.124 e. The molecule has 1 N–H and O–H groups in total. The molecule has 0 bridgehead atoms. The molecule has 0 saturated carbocycles. The Balaban J connectivity index is 2.84. The van der Waals surface area contributed by atoms with Crippen LogP contribution in [0.25, 0.3) is 0 Å². The summed E-state index contributed by atoms with van der Waals surface area (Å²) < 4.78 is 6.89. The zero-order valence-corrected chi connectivity index (χ0v) is 14.0. The third-order valence-electron chi connectivity index (χ3n) is 2.78. The van der Waals surface area contributed by atoms with Gasteiger partial charge in [-0.25, -0.2) is 0 Å². The van der Waals surface area contributed by atoms with E-state index >= 15 is 0 Å². The van der Waals surface area contributed by atoms with Gasteiger partial charge in [0.15, 0.2) is 0 Å². The average molecular weight is 347 g/mol. The SMILES string of the molecule is CCCNC(C)c1cc(Br)ccc1OC/C(C)=C/Cl. The monoisotopic (exact) mass is 345 g/mol. The van der Waals surface area contributed by atoms with Crippen LogP contribution in [0.2, 0.25) is 0 Å². The van der Waals surface area contributed by atoms with E-state index in [-0.39, 0.29) is 6.04 Å². The number of ether oxygens (including phenoxy) is 1. The lowest BCUT2D eigenvalue weighted by Crippen LogP contribution is -2.20. The topological polar surface area (TPSA) is 21.3 Å². The summed E-state index contributed by atoms with van der Waals surface area (Å²) in [6.07, 6.45) is 1.11. The van der Waals surface area contributed by atoms with E-state index in [1.807, 2.05) is 19.1 Å². The van der Waals surface area contributed by atoms with Crippen molar-refractivity contribution < 1.29 is 4.74 Å². The van der Waals surface area contributed by atoms with Crippen LogP contribution >= 0.6 is 27.5 Å². The molecule has 0 spiro atoms. The first-order valence-electron chi connectivity index (χ1n) is 6.50. The Labute approximate surface area is 129 Å². The van der Waals surface area contributed by atoms with Crippen LogP contribution in [0, 0.1) is 0 Å². The zero-order chi connectivity index (χ0) is 14.3. The van der Waals surface area contributed by atoms with Crippen LogP contribution in [0.15, 0.2) is 33.8 Å². The maximum atomic E-state index is 5.83. The van der Waals surface area contributed by atoms with Crippen LogP contribution in [-0.4, -0.2) is 13.2 Å². The predicted octanol–water partition coefficient (Wildman–Crippen LogP) is 5.03. The van der Waals surface area contributed by atoms with Gasteiger partial charge in [0, 0.05) is 21.6 Å². The van der Waals surface area contributed by atoms with E-state index in [0.29, 0.717) is 6.61 Å². The summed E-state index contributed by atoms with van der Waals surface area (Å²) in [6, 6.07) is 6.34. The molecule has 2 nitrogen and oxygen atoms in total. The van der Waals surface area contributed by atoms with Gasteiger partial charge in [-0.2, -0.15) is 0 Å². The van der Waals surface area contributed by atoms with Gasteiger partial charge in [0.2, 0.25) is 0 Å². The highest BCUT2D eigenvalue weighted by Crippen LogP contribution is 2.29. The van der Waals surface area contributed by atoms with Gasteiger partial charge < -0.3 is 10.1 Å². The van der Waals surface area contributed by atoms with Gasteiger partial charge in [-0.15, -0.1) is 0 Å². The molecule has 1 aromatic carbocycles. The molecular weight excluding hydrogens is 326 g/mol. The second kappa shape index (κ2) is 8.62. The molecule has 0 saturated heterocycles. The molecule has 19 heavy (non-hydrogen) atoms. The summed E-state index contributed by atoms with van der Waals surface area (Å²) in [5, 5.41) is 3.48. The fraction of sp³-hybridized carbons (Fsp3) is 0.467. The van der Waals surface area contributed by atoms with E-state index in [2.05, 4.69) is 41.2 Å². The Morgan fingerprint density at radius 3 is 2.89 bits per heavy atom. The van der Waals surface area contributed by atoms with Crippen molar-refractivity contribution in [1.29, 1.82) is 0 Å². The van der Waals surface area contributed by atoms with Gasteiger partial charge in [-0.1, -0.05) is 34.5 Å². The van der Waals surface area contributed by atoms with E-state index in [9.17, 15) is 0 Å². The van der Waals surface area contributed by atoms with E-state index < -0.39 is 0 Å². The van der Waals surface area contributed by atoms with Crippen molar-refractivity contribution in [1.82, 2.24) is 5.32 Å². The fourth-order valence-corrected chi connectivity index (χ4v) is 2.12. The Hall–Kier alpha value is -0.510. The van der Waals surface area contributed by atoms with Gasteiger partial charge in [-0.05, 0) is 50.6 Å². The quantitative estimate of drug-likeness (QED) is 0.747. The highest BCUT2D eigenvalue weighted by molar-refractivity contribution is 9.10. The molecule has 1 unspecified atom stereocenters. The van der Waals surface area contributed by atoms with Crippen molar-refractivity contribution >= 4 is 27.5 Å². The van der Waals surface area contributed by atoms with Gasteiger partial charge in [-0.3, -0.25) is 0 Å². The van der Waals surface area contributed by atoms with Crippen LogP contribution in [-0.2, 0) is 0 Å². The summed E-state index contributed by atoms with van der Waals surface area (Å²) in [7, 11) is 0. The predicted molar refractivity (Wildman–Crippen MR) is 86.0 cm³/mol. The smallest absolute Gasteiger partial charge is 0.124 e. The summed E-state index contributed by atoms with van der Waals surface area (Å²) in [5.41, 5.74) is 3.71.